The molecule has 3 heterocycles. The molecule has 5 nitrogen and oxygen atoms in total. The minimum absolute atomic E-state index is 0.183. The van der Waals surface area contributed by atoms with Crippen molar-refractivity contribution in [3.8, 4) is 6.07 Å². The van der Waals surface area contributed by atoms with E-state index in [0.717, 1.165) is 68.3 Å². The lowest BCUT2D eigenvalue weighted by atomic mass is 9.78. The number of thiophene rings is 1. The highest BCUT2D eigenvalue weighted by atomic mass is 35.5. The van der Waals surface area contributed by atoms with Crippen molar-refractivity contribution < 1.29 is 4.39 Å². The van der Waals surface area contributed by atoms with E-state index in [1.807, 2.05) is 25.3 Å². The molecule has 1 aliphatic heterocycles. The first kappa shape index (κ1) is 32.1. The van der Waals surface area contributed by atoms with E-state index in [-0.39, 0.29) is 5.92 Å². The van der Waals surface area contributed by atoms with Crippen molar-refractivity contribution in [2.75, 3.05) is 20.8 Å². The van der Waals surface area contributed by atoms with E-state index in [4.69, 9.17) is 22.0 Å². The lowest BCUT2D eigenvalue weighted by Crippen LogP contribution is -2.25. The number of allylic oxidation sites excluding steroid dienone is 2. The number of nitrogens with one attached hydrogen (secondary N) is 1. The molecular formula is C30H43ClFN5S. The van der Waals surface area contributed by atoms with Gasteiger partial charge in [0.15, 0.2) is 5.82 Å². The number of alkyl halides is 1. The van der Waals surface area contributed by atoms with Gasteiger partial charge in [0.05, 0.1) is 12.7 Å². The molecule has 208 valence electrons. The van der Waals surface area contributed by atoms with Gasteiger partial charge in [-0.25, -0.2) is 9.97 Å². The van der Waals surface area contributed by atoms with Gasteiger partial charge in [0.25, 0.3) is 0 Å². The number of hydrogen-bond acceptors (Lipinski definition) is 6. The molecule has 0 amide bonds. The zero-order valence-corrected chi connectivity index (χ0v) is 25.4. The Kier molecular flexibility index (Phi) is 13.6. The van der Waals surface area contributed by atoms with E-state index in [1.54, 1.807) is 11.3 Å². The molecule has 0 saturated carbocycles. The Morgan fingerprint density at radius 2 is 2.00 bits per heavy atom. The molecule has 1 unspecified atom stereocenters. The van der Waals surface area contributed by atoms with E-state index in [1.165, 1.54) is 28.9 Å². The van der Waals surface area contributed by atoms with Crippen LogP contribution in [0.2, 0.25) is 5.15 Å². The third kappa shape index (κ3) is 7.71. The molecule has 8 heteroatoms. The highest BCUT2D eigenvalue weighted by molar-refractivity contribution is 7.10. The van der Waals surface area contributed by atoms with Crippen molar-refractivity contribution in [1.82, 2.24) is 14.9 Å². The summed E-state index contributed by atoms with van der Waals surface area (Å²) in [5.41, 5.74) is 5.45. The summed E-state index contributed by atoms with van der Waals surface area (Å²) in [5, 5.41) is 21.2. The van der Waals surface area contributed by atoms with Crippen LogP contribution < -0.4 is 0 Å². The van der Waals surface area contributed by atoms with Crippen molar-refractivity contribution in [1.29, 1.82) is 10.7 Å². The Labute approximate surface area is 237 Å². The summed E-state index contributed by atoms with van der Waals surface area (Å²) >= 11 is 8.11. The summed E-state index contributed by atoms with van der Waals surface area (Å²) in [6.07, 6.45) is 9.28. The van der Waals surface area contributed by atoms with Crippen molar-refractivity contribution in [3.05, 3.63) is 55.3 Å². The summed E-state index contributed by atoms with van der Waals surface area (Å²) in [5.74, 6) is 0.607. The third-order valence-electron chi connectivity index (χ3n) is 7.45. The molecule has 0 spiro atoms. The van der Waals surface area contributed by atoms with Crippen LogP contribution in [0.1, 0.15) is 106 Å². The van der Waals surface area contributed by atoms with E-state index in [2.05, 4.69) is 36.8 Å². The van der Waals surface area contributed by atoms with Gasteiger partial charge in [0.1, 0.15) is 16.9 Å². The SMILES string of the molecule is CC.CCC/C(C(=N)c1nc(Cl)cc(CC[C@@H]2CCCN2C)n1)=C(/C)C1CCCc2scc(C#N)c21.CF. The van der Waals surface area contributed by atoms with Crippen LogP contribution in [0, 0.1) is 16.7 Å². The summed E-state index contributed by atoms with van der Waals surface area (Å²) < 4.78 is 9.50. The van der Waals surface area contributed by atoms with Gasteiger partial charge in [-0.2, -0.15) is 5.26 Å². The first-order chi connectivity index (χ1) is 18.4. The van der Waals surface area contributed by atoms with Gasteiger partial charge in [0.2, 0.25) is 0 Å². The monoisotopic (exact) mass is 559 g/mol. The Hall–Kier alpha value is -2.14. The van der Waals surface area contributed by atoms with Crippen molar-refractivity contribution in [2.24, 2.45) is 0 Å². The van der Waals surface area contributed by atoms with E-state index in [0.29, 0.717) is 29.9 Å². The number of aromatic nitrogens is 2. The minimum atomic E-state index is 0.183. The zero-order valence-electron chi connectivity index (χ0n) is 23.8. The second kappa shape index (κ2) is 16.1. The smallest absolute Gasteiger partial charge is 0.179 e. The van der Waals surface area contributed by atoms with Crippen LogP contribution >= 0.6 is 22.9 Å². The van der Waals surface area contributed by atoms with Crippen molar-refractivity contribution >= 4 is 28.6 Å². The van der Waals surface area contributed by atoms with Crippen LogP contribution in [0.4, 0.5) is 4.39 Å². The molecule has 38 heavy (non-hydrogen) atoms. The summed E-state index contributed by atoms with van der Waals surface area (Å²) in [7, 11) is 2.69. The highest BCUT2D eigenvalue weighted by Crippen LogP contribution is 2.43. The van der Waals surface area contributed by atoms with Crippen LogP contribution in [0.15, 0.2) is 22.6 Å². The number of rotatable bonds is 8. The Morgan fingerprint density at radius 3 is 2.63 bits per heavy atom. The molecule has 2 atom stereocenters. The summed E-state index contributed by atoms with van der Waals surface area (Å²) in [6, 6.07) is 4.84. The average molecular weight is 560 g/mol. The Balaban J connectivity index is 0.00000121. The summed E-state index contributed by atoms with van der Waals surface area (Å²) in [6.45, 7) is 9.44. The lowest BCUT2D eigenvalue weighted by Gasteiger charge is -2.26. The molecule has 0 radical (unpaired) electrons. The van der Waals surface area contributed by atoms with Crippen LogP contribution in [0.5, 0.6) is 0 Å². The van der Waals surface area contributed by atoms with E-state index >= 15 is 0 Å². The molecule has 1 saturated heterocycles. The summed E-state index contributed by atoms with van der Waals surface area (Å²) in [4.78, 5) is 13.0. The van der Waals surface area contributed by atoms with Gasteiger partial charge in [-0.15, -0.1) is 11.3 Å². The number of nitrogens with zero attached hydrogens (tertiary/aromatic N) is 4. The molecule has 2 aromatic heterocycles. The van der Waals surface area contributed by atoms with Gasteiger partial charge >= 0.3 is 0 Å². The van der Waals surface area contributed by atoms with Gasteiger partial charge in [-0.1, -0.05) is 44.4 Å². The first-order valence-corrected chi connectivity index (χ1v) is 15.1. The number of hydrogen-bond donors (Lipinski definition) is 1. The molecular weight excluding hydrogens is 517 g/mol. The van der Waals surface area contributed by atoms with Gasteiger partial charge in [0, 0.05) is 27.9 Å². The number of halogens is 2. The predicted octanol–water partition coefficient (Wildman–Crippen LogP) is 8.31. The quantitative estimate of drug-likeness (QED) is 0.260. The molecule has 0 aromatic carbocycles. The number of nitriles is 1. The first-order valence-electron chi connectivity index (χ1n) is 13.8. The zero-order chi connectivity index (χ0) is 28.2. The van der Waals surface area contributed by atoms with Crippen LogP contribution in [0.25, 0.3) is 0 Å². The van der Waals surface area contributed by atoms with Crippen LogP contribution in [-0.4, -0.2) is 47.4 Å². The maximum Gasteiger partial charge on any atom is 0.179 e. The standard InChI is InChI=1S/C27H34ClN5S.C2H6.CH3F/c1-4-7-22(17(2)21-9-5-10-23-25(21)18(15-29)16-34-23)26(30)27-31-19(14-24(28)32-27)11-12-20-8-6-13-33(20)3;2*1-2/h14,16,20-21,30H,4-13H2,1-3H3;1-2H3;1H3/b22-17+,30-26?;;/t20-,21?;;/m0../s1. The molecule has 4 rings (SSSR count). The fourth-order valence-electron chi connectivity index (χ4n) is 5.59. The van der Waals surface area contributed by atoms with Crippen LogP contribution in [-0.2, 0) is 12.8 Å². The second-order valence-electron chi connectivity index (χ2n) is 9.65. The van der Waals surface area contributed by atoms with Crippen LogP contribution in [0.3, 0.4) is 0 Å². The second-order valence-corrected chi connectivity index (χ2v) is 11.0. The largest absolute Gasteiger partial charge is 0.303 e. The van der Waals surface area contributed by atoms with Gasteiger partial charge in [-0.3, -0.25) is 9.80 Å². The third-order valence-corrected chi connectivity index (χ3v) is 8.71. The molecule has 2 aliphatic rings. The van der Waals surface area contributed by atoms with Gasteiger partial charge < -0.3 is 4.90 Å². The minimum Gasteiger partial charge on any atom is -0.303 e. The topological polar surface area (TPSA) is 76.7 Å². The Bertz CT molecular complexity index is 1140. The highest BCUT2D eigenvalue weighted by Gasteiger charge is 2.29. The molecule has 0 bridgehead atoms. The maximum absolute atomic E-state index is 9.68. The predicted molar refractivity (Wildman–Crippen MR) is 159 cm³/mol. The molecule has 1 aliphatic carbocycles. The van der Waals surface area contributed by atoms with E-state index in [9.17, 15) is 9.65 Å². The Morgan fingerprint density at radius 1 is 1.26 bits per heavy atom. The van der Waals surface area contributed by atoms with Crippen molar-refractivity contribution in [2.45, 2.75) is 97.4 Å². The fraction of sp³-hybridized carbons (Fsp3) is 0.600. The normalized spacial score (nSPS) is 19.2. The van der Waals surface area contributed by atoms with E-state index < -0.39 is 0 Å². The number of likely N-dealkylation sites (tertiary alicyclic amines) is 1. The average Bonchev–Trinajstić information content (AvgIpc) is 3.57. The van der Waals surface area contributed by atoms with Crippen molar-refractivity contribution in [3.63, 3.8) is 0 Å². The fourth-order valence-corrected chi connectivity index (χ4v) is 6.88. The molecule has 1 N–H and O–H groups in total. The molecule has 1 fully saturated rings. The number of aryl methyl sites for hydroxylation is 2. The molecule has 2 aromatic rings. The lowest BCUT2D eigenvalue weighted by molar-refractivity contribution is 0.296. The van der Waals surface area contributed by atoms with Gasteiger partial charge in [-0.05, 0) is 89.1 Å². The maximum atomic E-state index is 9.68. The number of fused-ring (bicyclic) bond motifs is 1.